The summed E-state index contributed by atoms with van der Waals surface area (Å²) in [5, 5.41) is 27.8. The minimum absolute atomic E-state index is 0.00276. The Morgan fingerprint density at radius 1 is 0.744 bits per heavy atom. The number of fused-ring (bicyclic) bond motifs is 3. The second kappa shape index (κ2) is 10.7. The van der Waals surface area contributed by atoms with E-state index in [0.717, 1.165) is 6.07 Å². The number of rotatable bonds is 3. The van der Waals surface area contributed by atoms with Crippen molar-refractivity contribution in [3.8, 4) is 34.5 Å². The molecule has 0 radical (unpaired) electrons. The average molecular weight is 590 g/mol. The van der Waals surface area contributed by atoms with Gasteiger partial charge in [0.25, 0.3) is 0 Å². The molecular weight excluding hydrogens is 574 g/mol. The molecule has 4 aromatic carbocycles. The number of benzene rings is 4. The number of thiol groups is 1. The third-order valence-electron chi connectivity index (χ3n) is 7.19. The predicted octanol–water partition coefficient (Wildman–Crippen LogP) is 8.08. The van der Waals surface area contributed by atoms with Crippen LogP contribution in [0.3, 0.4) is 0 Å². The van der Waals surface area contributed by atoms with Gasteiger partial charge in [-0.25, -0.2) is 26.9 Å². The smallest absolute Gasteiger partial charge is 0.180 e. The molecule has 5 aromatic rings. The van der Waals surface area contributed by atoms with Gasteiger partial charge in [-0.15, -0.1) is 0 Å². The van der Waals surface area contributed by atoms with E-state index in [1.54, 1.807) is 36.4 Å². The molecule has 0 saturated heterocycles. The number of hydrogen-bond donors (Lipinski definition) is 2. The van der Waals surface area contributed by atoms with Crippen molar-refractivity contribution >= 4 is 46.8 Å². The number of aromatic nitrogens is 1. The fourth-order valence-electron chi connectivity index (χ4n) is 5.16. The zero-order chi connectivity index (χ0) is 30.4. The van der Waals surface area contributed by atoms with Crippen LogP contribution in [0, 0.1) is 51.3 Å². The lowest BCUT2D eigenvalue weighted by Gasteiger charge is -2.24. The zero-order valence-corrected chi connectivity index (χ0v) is 22.6. The molecule has 1 aliphatic carbocycles. The van der Waals surface area contributed by atoms with Gasteiger partial charge < -0.3 is 0 Å². The highest BCUT2D eigenvalue weighted by Crippen LogP contribution is 2.40. The highest BCUT2D eigenvalue weighted by atomic mass is 32.1. The molecule has 1 aromatic heterocycles. The predicted molar refractivity (Wildman–Crippen MR) is 159 cm³/mol. The maximum Gasteiger partial charge on any atom is 0.180 e. The van der Waals surface area contributed by atoms with Crippen LogP contribution in [0.25, 0.3) is 44.9 Å². The van der Waals surface area contributed by atoms with E-state index in [9.17, 15) is 22.8 Å². The number of nitrogens with one attached hydrogen (secondary N) is 1. The summed E-state index contributed by atoms with van der Waals surface area (Å²) >= 11 is 4.14. The maximum atomic E-state index is 15.0. The standard InChI is InChI=1S/C33H15F4N5S/c34-27-23(15-39)28(35)30(37)25(29(27)36)19-10-11-20-24(12-19)41-32(18-4-2-1-3-5-18)22-13-21(33(42-43)31(40)26(20)22)17-8-6-16(14-38)7-9-17/h1-13,40,43H. The number of nitriles is 2. The SMILES string of the molecule is N#Cc1ccc(C2=Cc3c(-c4ccccc4)nc4cc(-c5c(F)c(F)c(C#N)c(F)c5F)ccc4c3C(=N)C2=NS)cc1. The first kappa shape index (κ1) is 27.6. The third-order valence-corrected chi connectivity index (χ3v) is 7.39. The van der Waals surface area contributed by atoms with Gasteiger partial charge >= 0.3 is 0 Å². The molecule has 1 heterocycles. The first-order chi connectivity index (χ1) is 20.8. The van der Waals surface area contributed by atoms with Crippen LogP contribution in [0.2, 0.25) is 0 Å². The van der Waals surface area contributed by atoms with E-state index in [1.165, 1.54) is 18.2 Å². The van der Waals surface area contributed by atoms with Crippen LogP contribution in [0.1, 0.15) is 27.8 Å². The van der Waals surface area contributed by atoms with Crippen LogP contribution >= 0.6 is 12.8 Å². The zero-order valence-electron chi connectivity index (χ0n) is 21.8. The molecule has 1 N–H and O–H groups in total. The molecule has 0 atom stereocenters. The van der Waals surface area contributed by atoms with Crippen molar-refractivity contribution in [3.05, 3.63) is 124 Å². The number of halogens is 4. The minimum atomic E-state index is -1.79. The van der Waals surface area contributed by atoms with Crippen molar-refractivity contribution in [1.29, 1.82) is 15.9 Å². The van der Waals surface area contributed by atoms with Crippen LogP contribution in [-0.4, -0.2) is 16.4 Å². The summed E-state index contributed by atoms with van der Waals surface area (Å²) in [7, 11) is 0. The Balaban J connectivity index is 1.66. The lowest BCUT2D eigenvalue weighted by atomic mass is 9.82. The molecule has 0 spiro atoms. The van der Waals surface area contributed by atoms with Crippen molar-refractivity contribution < 1.29 is 17.6 Å². The van der Waals surface area contributed by atoms with E-state index < -0.39 is 34.4 Å². The van der Waals surface area contributed by atoms with E-state index in [2.05, 4.69) is 23.3 Å². The van der Waals surface area contributed by atoms with E-state index in [-0.39, 0.29) is 22.5 Å². The summed E-state index contributed by atoms with van der Waals surface area (Å²) in [4.78, 5) is 4.80. The molecule has 0 saturated carbocycles. The molecule has 0 aliphatic heterocycles. The second-order valence-corrected chi connectivity index (χ2v) is 9.74. The highest BCUT2D eigenvalue weighted by Gasteiger charge is 2.30. The molecule has 10 heteroatoms. The number of nitrogens with zero attached hydrogens (tertiary/aromatic N) is 4. The van der Waals surface area contributed by atoms with Gasteiger partial charge in [0.2, 0.25) is 0 Å². The molecule has 0 unspecified atom stereocenters. The Morgan fingerprint density at radius 3 is 2.00 bits per heavy atom. The summed E-state index contributed by atoms with van der Waals surface area (Å²) in [5.41, 5.74) is 1.70. The summed E-state index contributed by atoms with van der Waals surface area (Å²) in [6, 6.07) is 23.0. The van der Waals surface area contributed by atoms with Gasteiger partial charge in [-0.05, 0) is 48.2 Å². The van der Waals surface area contributed by atoms with Crippen molar-refractivity contribution in [2.24, 2.45) is 4.40 Å². The van der Waals surface area contributed by atoms with Crippen molar-refractivity contribution in [2.75, 3.05) is 0 Å². The van der Waals surface area contributed by atoms with E-state index in [4.69, 9.17) is 15.7 Å². The fourth-order valence-corrected chi connectivity index (χ4v) is 5.37. The molecule has 0 amide bonds. The van der Waals surface area contributed by atoms with Crippen molar-refractivity contribution in [2.45, 2.75) is 0 Å². The minimum Gasteiger partial charge on any atom is -0.298 e. The monoisotopic (exact) mass is 589 g/mol. The fraction of sp³-hybridized carbons (Fsp3) is 0. The molecule has 1 aliphatic rings. The van der Waals surface area contributed by atoms with Crippen LogP contribution in [0.15, 0.2) is 77.2 Å². The first-order valence-electron chi connectivity index (χ1n) is 12.6. The van der Waals surface area contributed by atoms with E-state index >= 15 is 0 Å². The number of hydrogen-bond acceptors (Lipinski definition) is 6. The molecule has 0 fully saturated rings. The van der Waals surface area contributed by atoms with Crippen LogP contribution in [0.4, 0.5) is 17.6 Å². The van der Waals surface area contributed by atoms with E-state index in [1.807, 2.05) is 24.3 Å². The topological polar surface area (TPSA) is 96.7 Å². The second-order valence-electron chi connectivity index (χ2n) is 9.54. The van der Waals surface area contributed by atoms with Gasteiger partial charge in [-0.2, -0.15) is 10.5 Å². The first-order valence-corrected chi connectivity index (χ1v) is 13.0. The van der Waals surface area contributed by atoms with Crippen LogP contribution in [0.5, 0.6) is 0 Å². The van der Waals surface area contributed by atoms with Crippen molar-refractivity contribution in [3.63, 3.8) is 0 Å². The summed E-state index contributed by atoms with van der Waals surface area (Å²) in [6.07, 6.45) is 1.82. The quantitative estimate of drug-likeness (QED) is 0.127. The Labute approximate surface area is 247 Å². The van der Waals surface area contributed by atoms with Crippen molar-refractivity contribution in [1.82, 2.24) is 4.98 Å². The van der Waals surface area contributed by atoms with Gasteiger partial charge in [0.15, 0.2) is 23.3 Å². The number of pyridine rings is 1. The van der Waals surface area contributed by atoms with E-state index in [0.29, 0.717) is 44.5 Å². The summed E-state index contributed by atoms with van der Waals surface area (Å²) in [5.74, 6) is -7.00. The molecule has 0 bridgehead atoms. The molecule has 6 rings (SSSR count). The third kappa shape index (κ3) is 4.37. The number of allylic oxidation sites excluding steroid dienone is 1. The van der Waals surface area contributed by atoms with Gasteiger partial charge in [0.1, 0.15) is 17.3 Å². The Hall–Kier alpha value is -5.58. The molecule has 5 nitrogen and oxygen atoms in total. The summed E-state index contributed by atoms with van der Waals surface area (Å²) < 4.78 is 63.0. The average Bonchev–Trinajstić information content (AvgIpc) is 3.04. The normalized spacial score (nSPS) is 13.4. The lowest BCUT2D eigenvalue weighted by Crippen LogP contribution is -2.22. The summed E-state index contributed by atoms with van der Waals surface area (Å²) in [6.45, 7) is 0. The van der Waals surface area contributed by atoms with Gasteiger partial charge in [-0.3, -0.25) is 5.41 Å². The van der Waals surface area contributed by atoms with Gasteiger partial charge in [0.05, 0.1) is 34.1 Å². The largest absolute Gasteiger partial charge is 0.298 e. The maximum absolute atomic E-state index is 15.0. The Kier molecular flexibility index (Phi) is 6.85. The Bertz CT molecular complexity index is 2130. The molecule has 206 valence electrons. The molecular formula is C33H15F4N5S. The highest BCUT2D eigenvalue weighted by molar-refractivity contribution is 7.79. The van der Waals surface area contributed by atoms with Crippen LogP contribution < -0.4 is 0 Å². The lowest BCUT2D eigenvalue weighted by molar-refractivity contribution is 0.454. The Morgan fingerprint density at radius 2 is 1.40 bits per heavy atom. The van der Waals surface area contributed by atoms with Gasteiger partial charge in [0, 0.05) is 27.6 Å². The van der Waals surface area contributed by atoms with Crippen LogP contribution in [-0.2, 0) is 0 Å². The molecule has 43 heavy (non-hydrogen) atoms. The van der Waals surface area contributed by atoms with Gasteiger partial charge in [-0.1, -0.05) is 54.6 Å².